The monoisotopic (exact) mass is 403 g/mol. The third kappa shape index (κ3) is 5.99. The maximum atomic E-state index is 12.0. The number of nitrogens with one attached hydrogen (secondary N) is 2. The van der Waals surface area contributed by atoms with E-state index in [0.29, 0.717) is 17.9 Å². The molecule has 0 aliphatic heterocycles. The molecular weight excluding hydrogens is 382 g/mol. The summed E-state index contributed by atoms with van der Waals surface area (Å²) in [5.41, 5.74) is 4.48. The predicted octanol–water partition coefficient (Wildman–Crippen LogP) is 3.49. The van der Waals surface area contributed by atoms with Crippen LogP contribution in [0.3, 0.4) is 0 Å². The van der Waals surface area contributed by atoms with Crippen LogP contribution in [0, 0.1) is 0 Å². The summed E-state index contributed by atoms with van der Waals surface area (Å²) in [4.78, 5) is 23.9. The Morgan fingerprint density at radius 2 is 1.96 bits per heavy atom. The number of benzene rings is 2. The van der Waals surface area contributed by atoms with Crippen LogP contribution < -0.4 is 15.5 Å². The van der Waals surface area contributed by atoms with Crippen LogP contribution in [0.15, 0.2) is 41.5 Å². The van der Waals surface area contributed by atoms with Crippen molar-refractivity contribution >= 4 is 35.3 Å². The molecule has 0 spiro atoms. The number of rotatable bonds is 8. The molecule has 8 heteroatoms. The lowest BCUT2D eigenvalue weighted by Crippen LogP contribution is -2.25. The highest BCUT2D eigenvalue weighted by Crippen LogP contribution is 2.34. The molecule has 3 N–H and O–H groups in total. The van der Waals surface area contributed by atoms with Gasteiger partial charge in [-0.2, -0.15) is 5.10 Å². The van der Waals surface area contributed by atoms with Gasteiger partial charge >= 0.3 is 0 Å². The lowest BCUT2D eigenvalue weighted by molar-refractivity contribution is -0.126. The first-order valence-electron chi connectivity index (χ1n) is 8.79. The summed E-state index contributed by atoms with van der Waals surface area (Å²) in [6.45, 7) is 4.12. The van der Waals surface area contributed by atoms with Gasteiger partial charge in [-0.05, 0) is 42.7 Å². The number of aromatic hydroxyl groups is 1. The quantitative estimate of drug-likeness (QED) is 0.357. The fraction of sp³-hybridized carbons (Fsp3) is 0.250. The van der Waals surface area contributed by atoms with Crippen molar-refractivity contribution in [2.75, 3.05) is 11.9 Å². The van der Waals surface area contributed by atoms with Crippen molar-refractivity contribution in [2.45, 2.75) is 26.7 Å². The normalized spacial score (nSPS) is 10.7. The van der Waals surface area contributed by atoms with Crippen molar-refractivity contribution in [3.8, 4) is 11.5 Å². The van der Waals surface area contributed by atoms with Gasteiger partial charge in [-0.3, -0.25) is 9.59 Å². The molecule has 2 aromatic rings. The Hall–Kier alpha value is -3.06. The summed E-state index contributed by atoms with van der Waals surface area (Å²) in [5, 5.41) is 16.4. The second kappa shape index (κ2) is 10.3. The molecule has 7 nitrogen and oxygen atoms in total. The molecule has 0 radical (unpaired) electrons. The minimum Gasteiger partial charge on any atom is -0.503 e. The zero-order chi connectivity index (χ0) is 20.5. The highest BCUT2D eigenvalue weighted by atomic mass is 35.5. The molecule has 0 saturated carbocycles. The minimum atomic E-state index is -0.558. The smallest absolute Gasteiger partial charge is 0.249 e. The lowest BCUT2D eigenvalue weighted by atomic mass is 10.1. The molecule has 2 rings (SSSR count). The molecule has 0 saturated heterocycles. The average Bonchev–Trinajstić information content (AvgIpc) is 2.66. The first-order chi connectivity index (χ1) is 13.4. The van der Waals surface area contributed by atoms with Crippen LogP contribution in [0.4, 0.5) is 5.69 Å². The Balaban J connectivity index is 1.92. The van der Waals surface area contributed by atoms with E-state index in [-0.39, 0.29) is 22.9 Å². The largest absolute Gasteiger partial charge is 0.503 e. The zero-order valence-electron chi connectivity index (χ0n) is 15.7. The summed E-state index contributed by atoms with van der Waals surface area (Å²) in [7, 11) is 0. The van der Waals surface area contributed by atoms with Crippen LogP contribution in [0.2, 0.25) is 5.02 Å². The highest BCUT2D eigenvalue weighted by molar-refractivity contribution is 6.32. The van der Waals surface area contributed by atoms with Crippen molar-refractivity contribution in [1.82, 2.24) is 5.43 Å². The molecule has 0 aliphatic carbocycles. The second-order valence-electron chi connectivity index (χ2n) is 5.81. The molecule has 0 fully saturated rings. The first kappa shape index (κ1) is 21.2. The van der Waals surface area contributed by atoms with Crippen LogP contribution in [0.1, 0.15) is 31.4 Å². The summed E-state index contributed by atoms with van der Waals surface area (Å²) in [5.74, 6) is -0.928. The number of hydrogen-bond donors (Lipinski definition) is 3. The fourth-order valence-corrected chi connectivity index (χ4v) is 2.66. The Labute approximate surface area is 168 Å². The predicted molar refractivity (Wildman–Crippen MR) is 109 cm³/mol. The van der Waals surface area contributed by atoms with E-state index in [0.717, 1.165) is 12.0 Å². The molecule has 0 atom stereocenters. The van der Waals surface area contributed by atoms with Gasteiger partial charge < -0.3 is 15.2 Å². The average molecular weight is 404 g/mol. The number of hydrazone groups is 1. The van der Waals surface area contributed by atoms with Crippen LogP contribution in [-0.2, 0) is 16.0 Å². The van der Waals surface area contributed by atoms with Gasteiger partial charge in [0.2, 0.25) is 11.8 Å². The van der Waals surface area contributed by atoms with E-state index < -0.39 is 11.8 Å². The third-order valence-electron chi connectivity index (χ3n) is 3.75. The topological polar surface area (TPSA) is 100 Å². The summed E-state index contributed by atoms with van der Waals surface area (Å²) < 4.78 is 5.28. The lowest BCUT2D eigenvalue weighted by Gasteiger charge is -2.09. The van der Waals surface area contributed by atoms with E-state index in [2.05, 4.69) is 15.8 Å². The Morgan fingerprint density at radius 1 is 1.21 bits per heavy atom. The number of carbonyl (C=O) groups is 2. The van der Waals surface area contributed by atoms with Crippen molar-refractivity contribution in [1.29, 1.82) is 0 Å². The molecule has 148 valence electrons. The Morgan fingerprint density at radius 3 is 2.68 bits per heavy atom. The fourth-order valence-electron chi connectivity index (χ4n) is 2.44. The van der Waals surface area contributed by atoms with Crippen molar-refractivity contribution < 1.29 is 19.4 Å². The maximum Gasteiger partial charge on any atom is 0.249 e. The first-order valence-corrected chi connectivity index (χ1v) is 9.17. The van der Waals surface area contributed by atoms with E-state index in [9.17, 15) is 14.7 Å². The van der Waals surface area contributed by atoms with Crippen molar-refractivity contribution in [3.05, 3.63) is 52.5 Å². The molecule has 0 heterocycles. The van der Waals surface area contributed by atoms with E-state index in [1.54, 1.807) is 13.0 Å². The number of hydrogen-bond acceptors (Lipinski definition) is 5. The van der Waals surface area contributed by atoms with Crippen LogP contribution in [-0.4, -0.2) is 29.7 Å². The van der Waals surface area contributed by atoms with Gasteiger partial charge in [0.05, 0.1) is 17.8 Å². The number of phenols is 1. The van der Waals surface area contributed by atoms with E-state index in [1.165, 1.54) is 18.3 Å². The molecule has 28 heavy (non-hydrogen) atoms. The molecule has 2 amide bonds. The Bertz CT molecular complexity index is 884. The molecule has 0 aromatic heterocycles. The van der Waals surface area contributed by atoms with Crippen molar-refractivity contribution in [2.24, 2.45) is 5.10 Å². The number of nitrogens with zero attached hydrogens (tertiary/aromatic N) is 1. The van der Waals surface area contributed by atoms with Crippen LogP contribution in [0.5, 0.6) is 11.5 Å². The number of aryl methyl sites for hydroxylation is 1. The molecule has 2 aromatic carbocycles. The third-order valence-corrected chi connectivity index (χ3v) is 4.04. The number of amides is 2. The maximum absolute atomic E-state index is 12.0. The number of ether oxygens (including phenoxy) is 1. The number of para-hydroxylation sites is 1. The number of halogens is 1. The van der Waals surface area contributed by atoms with E-state index in [1.807, 2.05) is 25.1 Å². The summed E-state index contributed by atoms with van der Waals surface area (Å²) in [6.07, 6.45) is 1.75. The standard InChI is InChI=1S/C20H22ClN3O4/c1-3-14-7-5-6-8-16(14)23-18(25)11-19(26)24-22-12-13-9-15(21)20(27)17(10-13)28-4-2/h5-10,12,27H,3-4,11H2,1-2H3,(H,23,25)(H,24,26). The molecule has 0 unspecified atom stereocenters. The van der Waals surface area contributed by atoms with Gasteiger partial charge in [-0.1, -0.05) is 36.7 Å². The van der Waals surface area contributed by atoms with E-state index in [4.69, 9.17) is 16.3 Å². The summed E-state index contributed by atoms with van der Waals surface area (Å²) in [6, 6.07) is 10.4. The van der Waals surface area contributed by atoms with Crippen LogP contribution in [0.25, 0.3) is 0 Å². The van der Waals surface area contributed by atoms with Gasteiger partial charge in [0.1, 0.15) is 6.42 Å². The zero-order valence-corrected chi connectivity index (χ0v) is 16.4. The van der Waals surface area contributed by atoms with Gasteiger partial charge in [-0.15, -0.1) is 0 Å². The number of carbonyl (C=O) groups excluding carboxylic acids is 2. The van der Waals surface area contributed by atoms with Crippen molar-refractivity contribution in [3.63, 3.8) is 0 Å². The summed E-state index contributed by atoms with van der Waals surface area (Å²) >= 11 is 5.93. The minimum absolute atomic E-state index is 0.104. The van der Waals surface area contributed by atoms with Crippen LogP contribution >= 0.6 is 11.6 Å². The molecular formula is C20H22ClN3O4. The second-order valence-corrected chi connectivity index (χ2v) is 6.22. The van der Waals surface area contributed by atoms with Gasteiger partial charge in [-0.25, -0.2) is 5.43 Å². The highest BCUT2D eigenvalue weighted by Gasteiger charge is 2.11. The van der Waals surface area contributed by atoms with E-state index >= 15 is 0 Å². The van der Waals surface area contributed by atoms with Gasteiger partial charge in [0.25, 0.3) is 0 Å². The Kier molecular flexibility index (Phi) is 7.83. The number of phenolic OH excluding ortho intramolecular Hbond substituents is 1. The van der Waals surface area contributed by atoms with Gasteiger partial charge in [0.15, 0.2) is 11.5 Å². The molecule has 0 bridgehead atoms. The molecule has 0 aliphatic rings. The number of anilines is 1. The van der Waals surface area contributed by atoms with Gasteiger partial charge in [0, 0.05) is 5.69 Å². The SMILES string of the molecule is CCOc1cc(C=NNC(=O)CC(=O)Nc2ccccc2CC)cc(Cl)c1O.